The molecule has 0 N–H and O–H groups in total. The molecule has 1 atom stereocenters. The zero-order valence-corrected chi connectivity index (χ0v) is 21.2. The quantitative estimate of drug-likeness (QED) is 0.372. The van der Waals surface area contributed by atoms with Crippen LogP contribution in [0.3, 0.4) is 0 Å². The number of hydrogen-bond donors (Lipinski definition) is 0. The van der Waals surface area contributed by atoms with Gasteiger partial charge >= 0.3 is 11.9 Å². The number of esters is 2. The summed E-state index contributed by atoms with van der Waals surface area (Å²) in [6.45, 7) is 2.99. The van der Waals surface area contributed by atoms with Gasteiger partial charge in [0, 0.05) is 6.92 Å². The number of methoxy groups -OCH3 is 3. The topological polar surface area (TPSA) is 105 Å². The number of benzene rings is 2. The normalized spacial score (nSPS) is 15.1. The lowest BCUT2D eigenvalue weighted by Gasteiger charge is -2.25. The summed E-state index contributed by atoms with van der Waals surface area (Å²) in [7, 11) is 4.30. The van der Waals surface area contributed by atoms with Gasteiger partial charge in [-0.2, -0.15) is 0 Å². The number of carbonyl (C=O) groups is 2. The highest BCUT2D eigenvalue weighted by atomic mass is 32.1. The zero-order chi connectivity index (χ0) is 26.0. The van der Waals surface area contributed by atoms with Crippen molar-refractivity contribution in [1.29, 1.82) is 0 Å². The van der Waals surface area contributed by atoms with Crippen molar-refractivity contribution in [3.8, 4) is 17.2 Å². The van der Waals surface area contributed by atoms with Crippen molar-refractivity contribution >= 4 is 29.4 Å². The Balaban J connectivity index is 1.93. The molecule has 0 amide bonds. The molecular weight excluding hydrogens is 484 g/mol. The van der Waals surface area contributed by atoms with Crippen molar-refractivity contribution in [2.75, 3.05) is 21.3 Å². The fourth-order valence-corrected chi connectivity index (χ4v) is 5.00. The summed E-state index contributed by atoms with van der Waals surface area (Å²) >= 11 is 1.22. The smallest absolute Gasteiger partial charge is 0.338 e. The minimum absolute atomic E-state index is 0.223. The van der Waals surface area contributed by atoms with Crippen LogP contribution in [0.2, 0.25) is 0 Å². The first-order valence-electron chi connectivity index (χ1n) is 10.9. The van der Waals surface area contributed by atoms with Crippen LogP contribution in [0.5, 0.6) is 17.2 Å². The lowest BCUT2D eigenvalue weighted by atomic mass is 9.95. The van der Waals surface area contributed by atoms with Gasteiger partial charge in [-0.05, 0) is 48.4 Å². The second-order valence-electron chi connectivity index (χ2n) is 7.85. The van der Waals surface area contributed by atoms with Gasteiger partial charge in [-0.25, -0.2) is 9.79 Å². The standard InChI is InChI=1S/C26H24N2O7S/c1-14-22(25(31)34-5)23(17-8-11-19(35-15(2)29)20(13-17)33-4)28-24(30)21(36-26(28)27-14)12-16-6-9-18(32-3)10-7-16/h6-13,23H,1-5H3/b21-12+. The number of thiazole rings is 1. The van der Waals surface area contributed by atoms with Crippen molar-refractivity contribution in [2.45, 2.75) is 19.9 Å². The minimum atomic E-state index is -0.827. The molecule has 4 rings (SSSR count). The molecule has 1 unspecified atom stereocenters. The first kappa shape index (κ1) is 24.9. The average molecular weight is 509 g/mol. The molecule has 1 aromatic heterocycles. The first-order valence-corrected chi connectivity index (χ1v) is 11.7. The maximum absolute atomic E-state index is 13.6. The SMILES string of the molecule is COC(=O)C1=C(C)N=c2s/c(=C/c3ccc(OC)cc3)c(=O)n2C1c1ccc(OC(C)=O)c(OC)c1. The molecule has 9 nitrogen and oxygen atoms in total. The third-order valence-electron chi connectivity index (χ3n) is 5.60. The highest BCUT2D eigenvalue weighted by Crippen LogP contribution is 2.36. The number of carbonyl (C=O) groups excluding carboxylic acids is 2. The van der Waals surface area contributed by atoms with Crippen LogP contribution in [0.15, 0.2) is 63.5 Å². The van der Waals surface area contributed by atoms with E-state index in [0.29, 0.717) is 26.3 Å². The van der Waals surface area contributed by atoms with Crippen LogP contribution in [0.1, 0.15) is 31.0 Å². The lowest BCUT2D eigenvalue weighted by Crippen LogP contribution is -2.39. The molecule has 1 aliphatic rings. The number of allylic oxidation sites excluding steroid dienone is 1. The molecule has 10 heteroatoms. The summed E-state index contributed by atoms with van der Waals surface area (Å²) in [5.74, 6) is 0.105. The second kappa shape index (κ2) is 10.2. The van der Waals surface area contributed by atoms with Gasteiger partial charge in [-0.1, -0.05) is 29.5 Å². The number of aromatic nitrogens is 1. The minimum Gasteiger partial charge on any atom is -0.497 e. The highest BCUT2D eigenvalue weighted by molar-refractivity contribution is 7.07. The molecule has 0 aliphatic carbocycles. The van der Waals surface area contributed by atoms with E-state index in [1.54, 1.807) is 38.3 Å². The zero-order valence-electron chi connectivity index (χ0n) is 20.4. The number of nitrogens with zero attached hydrogens (tertiary/aromatic N) is 2. The molecule has 2 heterocycles. The van der Waals surface area contributed by atoms with Gasteiger partial charge in [0.15, 0.2) is 16.3 Å². The van der Waals surface area contributed by atoms with E-state index in [0.717, 1.165) is 5.56 Å². The second-order valence-corrected chi connectivity index (χ2v) is 8.86. The molecule has 0 spiro atoms. The number of ether oxygens (including phenoxy) is 4. The lowest BCUT2D eigenvalue weighted by molar-refractivity contribution is -0.136. The van der Waals surface area contributed by atoms with Crippen LogP contribution in [0, 0.1) is 0 Å². The summed E-state index contributed by atoms with van der Waals surface area (Å²) in [5, 5.41) is 0. The van der Waals surface area contributed by atoms with Crippen LogP contribution in [0.4, 0.5) is 0 Å². The van der Waals surface area contributed by atoms with Crippen LogP contribution in [-0.2, 0) is 14.3 Å². The summed E-state index contributed by atoms with van der Waals surface area (Å²) in [6.07, 6.45) is 1.77. The van der Waals surface area contributed by atoms with E-state index in [-0.39, 0.29) is 22.6 Å². The van der Waals surface area contributed by atoms with E-state index >= 15 is 0 Å². The van der Waals surface area contributed by atoms with E-state index in [2.05, 4.69) is 4.99 Å². The largest absolute Gasteiger partial charge is 0.497 e. The Kier molecular flexibility index (Phi) is 7.07. The van der Waals surface area contributed by atoms with Gasteiger partial charge in [-0.3, -0.25) is 14.2 Å². The fraction of sp³-hybridized carbons (Fsp3) is 0.231. The van der Waals surface area contributed by atoms with Crippen molar-refractivity contribution in [3.63, 3.8) is 0 Å². The van der Waals surface area contributed by atoms with E-state index < -0.39 is 18.0 Å². The van der Waals surface area contributed by atoms with Gasteiger partial charge in [-0.15, -0.1) is 0 Å². The molecule has 0 fully saturated rings. The van der Waals surface area contributed by atoms with Crippen LogP contribution >= 0.6 is 11.3 Å². The molecule has 36 heavy (non-hydrogen) atoms. The third kappa shape index (κ3) is 4.67. The van der Waals surface area contributed by atoms with Crippen LogP contribution in [-0.4, -0.2) is 37.8 Å². The van der Waals surface area contributed by atoms with Crippen molar-refractivity contribution in [2.24, 2.45) is 4.99 Å². The molecule has 1 aliphatic heterocycles. The van der Waals surface area contributed by atoms with E-state index in [4.69, 9.17) is 18.9 Å². The Morgan fingerprint density at radius 3 is 2.36 bits per heavy atom. The molecule has 3 aromatic rings. The molecule has 0 saturated heterocycles. The molecule has 0 saturated carbocycles. The van der Waals surface area contributed by atoms with Crippen molar-refractivity contribution in [3.05, 3.63) is 84.5 Å². The van der Waals surface area contributed by atoms with Crippen LogP contribution in [0.25, 0.3) is 6.08 Å². The van der Waals surface area contributed by atoms with E-state index in [9.17, 15) is 14.4 Å². The fourth-order valence-electron chi connectivity index (χ4n) is 3.95. The molecule has 0 bridgehead atoms. The maximum atomic E-state index is 13.6. The van der Waals surface area contributed by atoms with E-state index in [1.165, 1.54) is 37.0 Å². The molecular formula is C26H24N2O7S. The Morgan fingerprint density at radius 1 is 1.03 bits per heavy atom. The monoisotopic (exact) mass is 508 g/mol. The number of fused-ring (bicyclic) bond motifs is 1. The average Bonchev–Trinajstić information content (AvgIpc) is 3.17. The van der Waals surface area contributed by atoms with Gasteiger partial charge in [0.1, 0.15) is 5.75 Å². The third-order valence-corrected chi connectivity index (χ3v) is 6.58. The predicted molar refractivity (Wildman–Crippen MR) is 133 cm³/mol. The Morgan fingerprint density at radius 2 is 1.75 bits per heavy atom. The van der Waals surface area contributed by atoms with Crippen LogP contribution < -0.4 is 29.1 Å². The Bertz CT molecular complexity index is 1550. The summed E-state index contributed by atoms with van der Waals surface area (Å²) < 4.78 is 22.8. The van der Waals surface area contributed by atoms with Crippen molar-refractivity contribution in [1.82, 2.24) is 4.57 Å². The summed E-state index contributed by atoms with van der Waals surface area (Å²) in [6, 6.07) is 11.3. The molecule has 186 valence electrons. The maximum Gasteiger partial charge on any atom is 0.338 e. The Labute approximate surface area is 210 Å². The predicted octanol–water partition coefficient (Wildman–Crippen LogP) is 2.35. The van der Waals surface area contributed by atoms with E-state index in [1.807, 2.05) is 24.3 Å². The molecule has 0 radical (unpaired) electrons. The Hall–Kier alpha value is -4.18. The van der Waals surface area contributed by atoms with Gasteiger partial charge in [0.2, 0.25) is 0 Å². The van der Waals surface area contributed by atoms with Gasteiger partial charge < -0.3 is 18.9 Å². The van der Waals surface area contributed by atoms with Gasteiger partial charge in [0.25, 0.3) is 5.56 Å². The van der Waals surface area contributed by atoms with Gasteiger partial charge in [0.05, 0.1) is 43.2 Å². The first-order chi connectivity index (χ1) is 17.3. The number of hydrogen-bond acceptors (Lipinski definition) is 9. The summed E-state index contributed by atoms with van der Waals surface area (Å²) in [4.78, 5) is 42.9. The highest BCUT2D eigenvalue weighted by Gasteiger charge is 2.33. The van der Waals surface area contributed by atoms with Crippen molar-refractivity contribution < 1.29 is 28.5 Å². The molecule has 2 aromatic carbocycles. The summed E-state index contributed by atoms with van der Waals surface area (Å²) in [5.41, 5.74) is 1.73. The number of rotatable bonds is 6.